The van der Waals surface area contributed by atoms with Crippen molar-refractivity contribution >= 4 is 28.8 Å². The summed E-state index contributed by atoms with van der Waals surface area (Å²) >= 11 is 1.44. The molecule has 4 rings (SSSR count). The van der Waals surface area contributed by atoms with E-state index in [0.29, 0.717) is 5.56 Å². The first kappa shape index (κ1) is 17.1. The fourth-order valence-corrected chi connectivity index (χ4v) is 3.98. The quantitative estimate of drug-likeness (QED) is 0.429. The summed E-state index contributed by atoms with van der Waals surface area (Å²) in [4.78, 5) is 35.8. The molecule has 0 aromatic carbocycles. The zero-order valence-corrected chi connectivity index (χ0v) is 15.0. The summed E-state index contributed by atoms with van der Waals surface area (Å²) < 4.78 is 0. The van der Waals surface area contributed by atoms with Crippen LogP contribution in [0.3, 0.4) is 0 Å². The van der Waals surface area contributed by atoms with Gasteiger partial charge in [0.05, 0.1) is 11.6 Å². The number of hydrogen-bond donors (Lipinski definition) is 1. The number of aliphatic hydroxyl groups excluding tert-OH is 1. The van der Waals surface area contributed by atoms with Crippen molar-refractivity contribution in [2.75, 3.05) is 0 Å². The lowest BCUT2D eigenvalue weighted by Gasteiger charge is -2.24. The van der Waals surface area contributed by atoms with Gasteiger partial charge in [-0.15, -0.1) is 11.3 Å². The third kappa shape index (κ3) is 3.13. The molecule has 1 amide bonds. The number of rotatable bonds is 4. The summed E-state index contributed by atoms with van der Waals surface area (Å²) in [6.07, 6.45) is 6.34. The van der Waals surface area contributed by atoms with Crippen LogP contribution < -0.4 is 0 Å². The number of Topliss-reactive ketones (excluding diaryl/α,β-unsaturated/α-hetero) is 1. The highest BCUT2D eigenvalue weighted by Crippen LogP contribution is 2.41. The van der Waals surface area contributed by atoms with Crippen molar-refractivity contribution in [2.45, 2.75) is 12.6 Å². The molecule has 0 saturated carbocycles. The molecule has 1 fully saturated rings. The minimum atomic E-state index is -0.684. The molecule has 0 bridgehead atoms. The van der Waals surface area contributed by atoms with Gasteiger partial charge in [-0.05, 0) is 41.3 Å². The molecule has 1 unspecified atom stereocenters. The van der Waals surface area contributed by atoms with Gasteiger partial charge in [-0.3, -0.25) is 19.6 Å². The number of carbonyl (C=O) groups is 2. The molecule has 1 saturated heterocycles. The summed E-state index contributed by atoms with van der Waals surface area (Å²) in [5, 5.41) is 12.7. The predicted molar refractivity (Wildman–Crippen MR) is 101 cm³/mol. The van der Waals surface area contributed by atoms with E-state index in [0.717, 1.165) is 10.4 Å². The van der Waals surface area contributed by atoms with E-state index in [4.69, 9.17) is 0 Å². The van der Waals surface area contributed by atoms with E-state index in [9.17, 15) is 14.7 Å². The van der Waals surface area contributed by atoms with Crippen LogP contribution in [0.1, 0.15) is 22.0 Å². The Morgan fingerprint density at radius 3 is 2.33 bits per heavy atom. The van der Waals surface area contributed by atoms with Gasteiger partial charge in [0.1, 0.15) is 5.76 Å². The molecule has 134 valence electrons. The largest absolute Gasteiger partial charge is 0.507 e. The summed E-state index contributed by atoms with van der Waals surface area (Å²) in [5.41, 5.74) is 1.41. The third-order valence-corrected chi connectivity index (χ3v) is 5.33. The molecule has 4 heterocycles. The minimum absolute atomic E-state index is 0.0997. The second-order valence-corrected chi connectivity index (χ2v) is 7.01. The fraction of sp³-hybridized carbons (Fsp3) is 0.100. The van der Waals surface area contributed by atoms with Gasteiger partial charge in [-0.25, -0.2) is 0 Å². The predicted octanol–water partition coefficient (Wildman–Crippen LogP) is 3.16. The number of likely N-dealkylation sites (tertiary alicyclic amines) is 1. The number of aliphatic hydroxyl groups is 1. The second kappa shape index (κ2) is 7.13. The van der Waals surface area contributed by atoms with Gasteiger partial charge in [0.2, 0.25) is 0 Å². The lowest BCUT2D eigenvalue weighted by Crippen LogP contribution is -2.28. The Hall–Kier alpha value is -3.32. The van der Waals surface area contributed by atoms with E-state index in [1.165, 1.54) is 28.6 Å². The zero-order valence-electron chi connectivity index (χ0n) is 14.1. The second-order valence-electron chi connectivity index (χ2n) is 6.03. The molecule has 0 radical (unpaired) electrons. The van der Waals surface area contributed by atoms with Crippen LogP contribution in [0.2, 0.25) is 0 Å². The van der Waals surface area contributed by atoms with Crippen molar-refractivity contribution in [1.82, 2.24) is 14.9 Å². The molecule has 27 heavy (non-hydrogen) atoms. The van der Waals surface area contributed by atoms with Crippen molar-refractivity contribution < 1.29 is 14.7 Å². The van der Waals surface area contributed by atoms with Gasteiger partial charge in [0, 0.05) is 41.8 Å². The van der Waals surface area contributed by atoms with Crippen LogP contribution >= 0.6 is 11.3 Å². The summed E-state index contributed by atoms with van der Waals surface area (Å²) in [7, 11) is 0. The van der Waals surface area contributed by atoms with Crippen molar-refractivity contribution in [1.29, 1.82) is 0 Å². The first-order valence-corrected chi connectivity index (χ1v) is 9.16. The van der Waals surface area contributed by atoms with Crippen molar-refractivity contribution in [2.24, 2.45) is 0 Å². The Morgan fingerprint density at radius 2 is 1.70 bits per heavy atom. The van der Waals surface area contributed by atoms with Crippen LogP contribution in [0, 0.1) is 0 Å². The number of pyridine rings is 2. The van der Waals surface area contributed by atoms with Gasteiger partial charge < -0.3 is 10.0 Å². The smallest absolute Gasteiger partial charge is 0.295 e. The summed E-state index contributed by atoms with van der Waals surface area (Å²) in [6.45, 7) is 0.253. The number of hydrogen-bond acceptors (Lipinski definition) is 6. The number of amides is 1. The molecule has 0 aliphatic carbocycles. The maximum Gasteiger partial charge on any atom is 0.295 e. The first-order chi connectivity index (χ1) is 13.2. The fourth-order valence-electron chi connectivity index (χ4n) is 3.14. The van der Waals surface area contributed by atoms with Crippen molar-refractivity contribution in [3.05, 3.63) is 88.1 Å². The Bertz CT molecular complexity index is 1000. The molecule has 1 aliphatic heterocycles. The topological polar surface area (TPSA) is 83.4 Å². The van der Waals surface area contributed by atoms with Crippen LogP contribution in [0.4, 0.5) is 0 Å². The Labute approximate surface area is 159 Å². The van der Waals surface area contributed by atoms with E-state index in [2.05, 4.69) is 9.97 Å². The lowest BCUT2D eigenvalue weighted by atomic mass is 10.0. The third-order valence-electron chi connectivity index (χ3n) is 4.41. The van der Waals surface area contributed by atoms with Crippen molar-refractivity contribution in [3.8, 4) is 0 Å². The molecule has 0 spiro atoms. The number of nitrogens with zero attached hydrogens (tertiary/aromatic N) is 3. The van der Waals surface area contributed by atoms with E-state index in [1.807, 2.05) is 17.5 Å². The molecular formula is C20H15N3O3S. The Balaban J connectivity index is 1.83. The molecule has 3 aromatic heterocycles. The number of thiophene rings is 1. The maximum absolute atomic E-state index is 12.8. The SMILES string of the molecule is O=C1C(=O)N(Cc2ccncc2)C(c2cccs2)/C1=C(/O)c1ccncc1. The normalized spacial score (nSPS) is 18.8. The molecule has 1 atom stereocenters. The van der Waals surface area contributed by atoms with Gasteiger partial charge in [-0.1, -0.05) is 6.07 Å². The van der Waals surface area contributed by atoms with Gasteiger partial charge >= 0.3 is 0 Å². The minimum Gasteiger partial charge on any atom is -0.507 e. The summed E-state index contributed by atoms with van der Waals surface area (Å²) in [6, 6.07) is 9.90. The van der Waals surface area contributed by atoms with E-state index >= 15 is 0 Å². The van der Waals surface area contributed by atoms with Crippen LogP contribution in [0.5, 0.6) is 0 Å². The molecular weight excluding hydrogens is 362 g/mol. The lowest BCUT2D eigenvalue weighted by molar-refractivity contribution is -0.140. The van der Waals surface area contributed by atoms with Crippen LogP contribution in [-0.2, 0) is 16.1 Å². The molecule has 6 nitrogen and oxygen atoms in total. The standard InChI is InChI=1S/C20H15N3O3S/c24-18(14-5-9-22-10-6-14)16-17(15-2-1-11-27-15)23(20(26)19(16)25)12-13-3-7-21-8-4-13/h1-11,17,24H,12H2/b18-16-. The number of carbonyl (C=O) groups excluding carboxylic acids is 2. The number of aromatic nitrogens is 2. The average molecular weight is 377 g/mol. The van der Waals surface area contributed by atoms with E-state index in [-0.39, 0.29) is 17.9 Å². The van der Waals surface area contributed by atoms with Gasteiger partial charge in [0.25, 0.3) is 11.7 Å². The molecule has 7 heteroatoms. The van der Waals surface area contributed by atoms with E-state index in [1.54, 1.807) is 36.7 Å². The highest BCUT2D eigenvalue weighted by atomic mass is 32.1. The highest BCUT2D eigenvalue weighted by molar-refractivity contribution is 7.10. The monoisotopic (exact) mass is 377 g/mol. The van der Waals surface area contributed by atoms with Gasteiger partial charge in [-0.2, -0.15) is 0 Å². The highest BCUT2D eigenvalue weighted by Gasteiger charge is 2.46. The average Bonchev–Trinajstić information content (AvgIpc) is 3.32. The molecule has 1 aliphatic rings. The van der Waals surface area contributed by atoms with E-state index < -0.39 is 17.7 Å². The molecule has 3 aromatic rings. The van der Waals surface area contributed by atoms with Crippen LogP contribution in [0.15, 0.2) is 72.1 Å². The Kier molecular flexibility index (Phi) is 4.52. The van der Waals surface area contributed by atoms with Crippen LogP contribution in [0.25, 0.3) is 5.76 Å². The van der Waals surface area contributed by atoms with Crippen molar-refractivity contribution in [3.63, 3.8) is 0 Å². The van der Waals surface area contributed by atoms with Gasteiger partial charge in [0.15, 0.2) is 0 Å². The first-order valence-electron chi connectivity index (χ1n) is 8.28. The number of ketones is 1. The maximum atomic E-state index is 12.8. The molecule has 1 N–H and O–H groups in total. The van der Waals surface area contributed by atoms with Crippen LogP contribution in [-0.4, -0.2) is 31.7 Å². The zero-order chi connectivity index (χ0) is 18.8. The summed E-state index contributed by atoms with van der Waals surface area (Å²) in [5.74, 6) is -1.50. The Morgan fingerprint density at radius 1 is 1.04 bits per heavy atom.